The summed E-state index contributed by atoms with van der Waals surface area (Å²) in [6, 6.07) is 8.45. The highest BCUT2D eigenvalue weighted by Gasteiger charge is 2.09. The van der Waals surface area contributed by atoms with Gasteiger partial charge in [0.15, 0.2) is 5.96 Å². The second kappa shape index (κ2) is 14.1. The van der Waals surface area contributed by atoms with Gasteiger partial charge in [0.1, 0.15) is 0 Å². The normalized spacial score (nSPS) is 15.5. The van der Waals surface area contributed by atoms with Crippen molar-refractivity contribution in [2.45, 2.75) is 40.0 Å². The monoisotopic (exact) mass is 490 g/mol. The van der Waals surface area contributed by atoms with Crippen LogP contribution < -0.4 is 10.6 Å². The molecule has 1 fully saturated rings. The van der Waals surface area contributed by atoms with E-state index in [9.17, 15) is 0 Å². The van der Waals surface area contributed by atoms with Crippen LogP contribution in [0.1, 0.15) is 31.9 Å². The molecule has 1 aromatic carbocycles. The Hall–Kier alpha value is -0.900. The summed E-state index contributed by atoms with van der Waals surface area (Å²) in [5.74, 6) is 0.865. The fourth-order valence-corrected chi connectivity index (χ4v) is 2.75. The Bertz CT molecular complexity index is 549. The summed E-state index contributed by atoms with van der Waals surface area (Å²) < 4.78 is 11.1. The number of benzene rings is 1. The molecule has 0 amide bonds. The summed E-state index contributed by atoms with van der Waals surface area (Å²) in [7, 11) is 0. The molecule has 7 heteroatoms. The fraction of sp³-hybridized carbons (Fsp3) is 0.650. The van der Waals surface area contributed by atoms with Gasteiger partial charge in [0.05, 0.1) is 32.5 Å². The zero-order chi connectivity index (χ0) is 18.6. The van der Waals surface area contributed by atoms with Gasteiger partial charge in [-0.25, -0.2) is 4.99 Å². The first-order valence-corrected chi connectivity index (χ1v) is 9.69. The van der Waals surface area contributed by atoms with Crippen LogP contribution in [0.5, 0.6) is 0 Å². The van der Waals surface area contributed by atoms with Crippen LogP contribution in [0.4, 0.5) is 0 Å². The summed E-state index contributed by atoms with van der Waals surface area (Å²) in [6.07, 6.45) is 0.243. The Kier molecular flexibility index (Phi) is 12.6. The summed E-state index contributed by atoms with van der Waals surface area (Å²) in [4.78, 5) is 7.13. The molecule has 1 aliphatic rings. The average molecular weight is 490 g/mol. The highest BCUT2D eigenvalue weighted by Crippen LogP contribution is 2.09. The molecule has 2 rings (SSSR count). The molecule has 0 unspecified atom stereocenters. The van der Waals surface area contributed by atoms with E-state index in [2.05, 4.69) is 60.6 Å². The standard InChI is InChI=1S/C20H34N4O2.HI/c1-4-21-20(22-8-9-24-10-12-25-13-11-24)23-15-18-6-5-7-19(14-18)16-26-17(2)3;/h5-7,14,17H,4,8-13,15-16H2,1-3H3,(H2,21,22,23);1H. The first kappa shape index (κ1) is 24.1. The predicted octanol–water partition coefficient (Wildman–Crippen LogP) is 2.62. The van der Waals surface area contributed by atoms with Gasteiger partial charge in [0.25, 0.3) is 0 Å². The largest absolute Gasteiger partial charge is 0.379 e. The minimum absolute atomic E-state index is 0. The highest BCUT2D eigenvalue weighted by molar-refractivity contribution is 14.0. The van der Waals surface area contributed by atoms with Crippen LogP contribution in [0.15, 0.2) is 29.3 Å². The van der Waals surface area contributed by atoms with Crippen molar-refractivity contribution in [1.82, 2.24) is 15.5 Å². The third kappa shape index (κ3) is 10.3. The van der Waals surface area contributed by atoms with Crippen molar-refractivity contribution in [2.75, 3.05) is 45.9 Å². The molecule has 1 aromatic rings. The van der Waals surface area contributed by atoms with Crippen molar-refractivity contribution in [1.29, 1.82) is 0 Å². The van der Waals surface area contributed by atoms with Crippen LogP contribution >= 0.6 is 24.0 Å². The Morgan fingerprint density at radius 2 is 1.96 bits per heavy atom. The van der Waals surface area contributed by atoms with E-state index in [-0.39, 0.29) is 30.1 Å². The summed E-state index contributed by atoms with van der Waals surface area (Å²) >= 11 is 0. The molecule has 154 valence electrons. The number of hydrogen-bond donors (Lipinski definition) is 2. The number of morpholine rings is 1. The van der Waals surface area contributed by atoms with Gasteiger partial charge in [0.2, 0.25) is 0 Å². The maximum Gasteiger partial charge on any atom is 0.191 e. The number of ether oxygens (including phenoxy) is 2. The van der Waals surface area contributed by atoms with E-state index in [4.69, 9.17) is 14.5 Å². The Labute approximate surface area is 181 Å². The molecule has 0 spiro atoms. The van der Waals surface area contributed by atoms with Gasteiger partial charge < -0.3 is 20.1 Å². The number of rotatable bonds is 9. The molecule has 2 N–H and O–H groups in total. The second-order valence-corrected chi connectivity index (χ2v) is 6.76. The van der Waals surface area contributed by atoms with Gasteiger partial charge in [-0.1, -0.05) is 24.3 Å². The molecule has 0 radical (unpaired) electrons. The molecule has 0 bridgehead atoms. The van der Waals surface area contributed by atoms with Crippen molar-refractivity contribution in [3.8, 4) is 0 Å². The first-order chi connectivity index (χ1) is 12.7. The lowest BCUT2D eigenvalue weighted by molar-refractivity contribution is 0.0389. The molecule has 0 saturated carbocycles. The lowest BCUT2D eigenvalue weighted by Crippen LogP contribution is -2.44. The molecule has 0 aliphatic carbocycles. The van der Waals surface area contributed by atoms with Crippen molar-refractivity contribution in [3.63, 3.8) is 0 Å². The van der Waals surface area contributed by atoms with Crippen molar-refractivity contribution in [3.05, 3.63) is 35.4 Å². The minimum atomic E-state index is 0. The molecular formula is C20H35IN4O2. The van der Waals surface area contributed by atoms with E-state index in [0.717, 1.165) is 51.9 Å². The van der Waals surface area contributed by atoms with E-state index in [1.807, 2.05) is 0 Å². The fourth-order valence-electron chi connectivity index (χ4n) is 2.75. The number of aliphatic imine (C=N–C) groups is 1. The maximum atomic E-state index is 5.68. The Morgan fingerprint density at radius 1 is 1.22 bits per heavy atom. The number of nitrogens with one attached hydrogen (secondary N) is 2. The molecule has 1 saturated heterocycles. The molecule has 0 atom stereocenters. The summed E-state index contributed by atoms with van der Waals surface area (Å²) in [6.45, 7) is 13.9. The van der Waals surface area contributed by atoms with Crippen molar-refractivity contribution in [2.24, 2.45) is 4.99 Å². The van der Waals surface area contributed by atoms with E-state index in [0.29, 0.717) is 13.2 Å². The van der Waals surface area contributed by atoms with E-state index in [1.54, 1.807) is 0 Å². The van der Waals surface area contributed by atoms with E-state index < -0.39 is 0 Å². The molecular weight excluding hydrogens is 455 g/mol. The summed E-state index contributed by atoms with van der Waals surface area (Å²) in [5.41, 5.74) is 2.39. The summed E-state index contributed by atoms with van der Waals surface area (Å²) in [5, 5.41) is 6.74. The lowest BCUT2D eigenvalue weighted by atomic mass is 10.1. The molecule has 6 nitrogen and oxygen atoms in total. The van der Waals surface area contributed by atoms with Crippen molar-refractivity contribution < 1.29 is 9.47 Å². The number of hydrogen-bond acceptors (Lipinski definition) is 4. The van der Waals surface area contributed by atoms with E-state index in [1.165, 1.54) is 11.1 Å². The SMILES string of the molecule is CCNC(=NCc1cccc(COC(C)C)c1)NCCN1CCOCC1.I. The van der Waals surface area contributed by atoms with Crippen LogP contribution in [-0.2, 0) is 22.6 Å². The maximum absolute atomic E-state index is 5.68. The molecule has 1 aliphatic heterocycles. The zero-order valence-electron chi connectivity index (χ0n) is 16.9. The Balaban J connectivity index is 0.00000364. The lowest BCUT2D eigenvalue weighted by Gasteiger charge is -2.26. The highest BCUT2D eigenvalue weighted by atomic mass is 127. The molecule has 27 heavy (non-hydrogen) atoms. The van der Waals surface area contributed by atoms with Gasteiger partial charge in [-0.15, -0.1) is 24.0 Å². The quantitative estimate of drug-likeness (QED) is 0.317. The molecule has 0 aromatic heterocycles. The van der Waals surface area contributed by atoms with Gasteiger partial charge in [0, 0.05) is 32.7 Å². The van der Waals surface area contributed by atoms with E-state index >= 15 is 0 Å². The first-order valence-electron chi connectivity index (χ1n) is 9.69. The predicted molar refractivity (Wildman–Crippen MR) is 122 cm³/mol. The number of halogens is 1. The number of guanidine groups is 1. The zero-order valence-corrected chi connectivity index (χ0v) is 19.2. The Morgan fingerprint density at radius 3 is 2.67 bits per heavy atom. The van der Waals surface area contributed by atoms with Gasteiger partial charge in [-0.2, -0.15) is 0 Å². The number of nitrogens with zero attached hydrogens (tertiary/aromatic N) is 2. The third-order valence-electron chi connectivity index (χ3n) is 4.16. The van der Waals surface area contributed by atoms with Crippen LogP contribution in [0.25, 0.3) is 0 Å². The van der Waals surface area contributed by atoms with Crippen LogP contribution in [0.2, 0.25) is 0 Å². The van der Waals surface area contributed by atoms with Gasteiger partial charge in [-0.05, 0) is 31.9 Å². The average Bonchev–Trinajstić information content (AvgIpc) is 2.65. The molecule has 1 heterocycles. The smallest absolute Gasteiger partial charge is 0.191 e. The topological polar surface area (TPSA) is 58.1 Å². The van der Waals surface area contributed by atoms with Gasteiger partial charge in [-0.3, -0.25) is 4.90 Å². The van der Waals surface area contributed by atoms with Crippen LogP contribution in [-0.4, -0.2) is 62.9 Å². The minimum Gasteiger partial charge on any atom is -0.379 e. The third-order valence-corrected chi connectivity index (χ3v) is 4.16. The second-order valence-electron chi connectivity index (χ2n) is 6.76. The van der Waals surface area contributed by atoms with Crippen LogP contribution in [0, 0.1) is 0 Å². The van der Waals surface area contributed by atoms with Gasteiger partial charge >= 0.3 is 0 Å². The van der Waals surface area contributed by atoms with Crippen molar-refractivity contribution >= 4 is 29.9 Å². The van der Waals surface area contributed by atoms with Crippen LogP contribution in [0.3, 0.4) is 0 Å².